The fraction of sp³-hybridized carbons (Fsp3) is 1.00. The highest BCUT2D eigenvalue weighted by Crippen LogP contribution is 2.17. The topological polar surface area (TPSA) is 0 Å². The Morgan fingerprint density at radius 1 is 0.106 bits per heavy atom. The van der Waals surface area contributed by atoms with E-state index < -0.39 is 0 Å². The highest BCUT2D eigenvalue weighted by Gasteiger charge is 1.97. The molecule has 0 aliphatic heterocycles. The zero-order chi connectivity index (χ0) is 34.4. The smallest absolute Gasteiger partial charge is 0.0533 e. The Bertz CT molecular complexity index is 425. The van der Waals surface area contributed by atoms with Crippen molar-refractivity contribution in [1.29, 1.82) is 0 Å². The van der Waals surface area contributed by atoms with Gasteiger partial charge in [0.05, 0.1) is 0 Å². The molecule has 286 valence electrons. The van der Waals surface area contributed by atoms with Crippen LogP contribution in [0.3, 0.4) is 0 Å². The second kappa shape index (κ2) is 50.4. The maximum absolute atomic E-state index is 2.30. The van der Waals surface area contributed by atoms with Crippen LogP contribution in [0.15, 0.2) is 0 Å². The summed E-state index contributed by atoms with van der Waals surface area (Å²) in [7, 11) is 0. The van der Waals surface area contributed by atoms with E-state index in [2.05, 4.69) is 27.7 Å². The van der Waals surface area contributed by atoms with Crippen LogP contribution in [-0.4, -0.2) is 0 Å². The van der Waals surface area contributed by atoms with Crippen LogP contribution in [0.5, 0.6) is 0 Å². The van der Waals surface area contributed by atoms with E-state index in [0.29, 0.717) is 0 Å². The molecular formula is C47H98. The van der Waals surface area contributed by atoms with Gasteiger partial charge in [-0.2, -0.15) is 0 Å². The molecule has 0 aromatic carbocycles. The third kappa shape index (κ3) is 53.0. The molecule has 0 rings (SSSR count). The summed E-state index contributed by atoms with van der Waals surface area (Å²) in [5, 5.41) is 0. The van der Waals surface area contributed by atoms with Crippen molar-refractivity contribution in [2.75, 3.05) is 0 Å². The molecule has 47 heavy (non-hydrogen) atoms. The first kappa shape index (κ1) is 49.1. The minimum absolute atomic E-state index is 1.37. The number of unbranched alkanes of at least 4 members (excludes halogenated alkanes) is 41. The van der Waals surface area contributed by atoms with Gasteiger partial charge in [-0.25, -0.2) is 0 Å². The van der Waals surface area contributed by atoms with E-state index in [1.54, 1.807) is 0 Å². The molecule has 0 bridgehead atoms. The van der Waals surface area contributed by atoms with E-state index in [-0.39, 0.29) is 0 Å². The molecule has 0 radical (unpaired) electrons. The highest BCUT2D eigenvalue weighted by atomic mass is 14.0. The van der Waals surface area contributed by atoms with Crippen molar-refractivity contribution in [3.63, 3.8) is 0 Å². The zero-order valence-corrected chi connectivity index (χ0v) is 34.4. The van der Waals surface area contributed by atoms with Gasteiger partial charge in [-0.3, -0.25) is 0 Å². The molecule has 0 N–H and O–H groups in total. The van der Waals surface area contributed by atoms with Crippen molar-refractivity contribution in [3.05, 3.63) is 0 Å². The molecule has 0 aromatic heterocycles. The molecule has 0 heteroatoms. The first-order valence-corrected chi connectivity index (χ1v) is 23.3. The fourth-order valence-electron chi connectivity index (χ4n) is 7.19. The molecule has 0 fully saturated rings. The Morgan fingerprint density at radius 3 is 0.234 bits per heavy atom. The molecule has 0 atom stereocenters. The first-order chi connectivity index (χ1) is 23.3. The standard InChI is InChI=1S/C24H50.C23H48/c1-3-5-7-9-11-13-15-17-19-21-23-24-22-20-18-16-14-12-10-8-6-4-2;1-3-5-7-9-11-13-15-17-19-21-23-22-20-18-16-14-12-10-8-6-4-2/h3-24H2,1-2H3;3-23H2,1-2H3. The Kier molecular flexibility index (Phi) is 52.6. The molecule has 0 aromatic rings. The average molecular weight is 663 g/mol. The van der Waals surface area contributed by atoms with Crippen LogP contribution >= 0.6 is 0 Å². The van der Waals surface area contributed by atoms with Crippen molar-refractivity contribution in [2.45, 2.75) is 304 Å². The van der Waals surface area contributed by atoms with Gasteiger partial charge < -0.3 is 0 Å². The summed E-state index contributed by atoms with van der Waals surface area (Å²) in [4.78, 5) is 0. The third-order valence-corrected chi connectivity index (χ3v) is 10.7. The molecule has 0 amide bonds. The molecular weight excluding hydrogens is 565 g/mol. The quantitative estimate of drug-likeness (QED) is 0.0572. The summed E-state index contributed by atoms with van der Waals surface area (Å²) in [6.07, 6.45) is 63.3. The van der Waals surface area contributed by atoms with Gasteiger partial charge in [-0.1, -0.05) is 304 Å². The van der Waals surface area contributed by atoms with Gasteiger partial charge in [-0.15, -0.1) is 0 Å². The minimum atomic E-state index is 1.37. The van der Waals surface area contributed by atoms with E-state index >= 15 is 0 Å². The van der Waals surface area contributed by atoms with E-state index in [9.17, 15) is 0 Å². The monoisotopic (exact) mass is 663 g/mol. The maximum atomic E-state index is 2.30. The SMILES string of the molecule is CCCCCCCCCCCCCCCCCCCCCCC.CCCCCCCCCCCCCCCCCCCCCCCC. The van der Waals surface area contributed by atoms with Gasteiger partial charge in [0.25, 0.3) is 0 Å². The molecule has 0 aliphatic carbocycles. The Balaban J connectivity index is 0. The minimum Gasteiger partial charge on any atom is -0.0654 e. The summed E-state index contributed by atoms with van der Waals surface area (Å²) in [6.45, 7) is 9.20. The van der Waals surface area contributed by atoms with E-state index in [1.165, 1.54) is 276 Å². The van der Waals surface area contributed by atoms with Gasteiger partial charge >= 0.3 is 0 Å². The maximum Gasteiger partial charge on any atom is -0.0533 e. The van der Waals surface area contributed by atoms with Gasteiger partial charge in [0.15, 0.2) is 0 Å². The fourth-order valence-corrected chi connectivity index (χ4v) is 7.19. The number of rotatable bonds is 41. The van der Waals surface area contributed by atoms with Gasteiger partial charge in [-0.05, 0) is 0 Å². The van der Waals surface area contributed by atoms with Crippen LogP contribution in [-0.2, 0) is 0 Å². The van der Waals surface area contributed by atoms with Gasteiger partial charge in [0, 0.05) is 0 Å². The van der Waals surface area contributed by atoms with Crippen molar-refractivity contribution in [2.24, 2.45) is 0 Å². The van der Waals surface area contributed by atoms with Crippen molar-refractivity contribution < 1.29 is 0 Å². The largest absolute Gasteiger partial charge is 0.0654 e. The van der Waals surface area contributed by atoms with E-state index in [1.807, 2.05) is 0 Å². The molecule has 0 unspecified atom stereocenters. The van der Waals surface area contributed by atoms with Crippen LogP contribution in [0.1, 0.15) is 304 Å². The lowest BCUT2D eigenvalue weighted by Crippen LogP contribution is -1.84. The highest BCUT2D eigenvalue weighted by molar-refractivity contribution is 4.52. The summed E-state index contributed by atoms with van der Waals surface area (Å²) >= 11 is 0. The normalized spacial score (nSPS) is 11.2. The molecule has 0 aliphatic rings. The predicted molar refractivity (Wildman–Crippen MR) is 221 cm³/mol. The van der Waals surface area contributed by atoms with Crippen LogP contribution in [0.25, 0.3) is 0 Å². The van der Waals surface area contributed by atoms with E-state index in [4.69, 9.17) is 0 Å². The van der Waals surface area contributed by atoms with Crippen LogP contribution in [0.2, 0.25) is 0 Å². The zero-order valence-electron chi connectivity index (χ0n) is 34.4. The molecule has 0 spiro atoms. The molecule has 0 saturated heterocycles. The lowest BCUT2D eigenvalue weighted by Gasteiger charge is -2.04. The second-order valence-electron chi connectivity index (χ2n) is 15.8. The van der Waals surface area contributed by atoms with Gasteiger partial charge in [0.1, 0.15) is 0 Å². The summed E-state index contributed by atoms with van der Waals surface area (Å²) in [5.74, 6) is 0. The van der Waals surface area contributed by atoms with Crippen LogP contribution < -0.4 is 0 Å². The molecule has 0 nitrogen and oxygen atoms in total. The van der Waals surface area contributed by atoms with Gasteiger partial charge in [0.2, 0.25) is 0 Å². The van der Waals surface area contributed by atoms with Crippen molar-refractivity contribution in [1.82, 2.24) is 0 Å². The Morgan fingerprint density at radius 2 is 0.170 bits per heavy atom. The molecule has 0 saturated carbocycles. The summed E-state index contributed by atoms with van der Waals surface area (Å²) in [5.41, 5.74) is 0. The van der Waals surface area contributed by atoms with Crippen molar-refractivity contribution in [3.8, 4) is 0 Å². The first-order valence-electron chi connectivity index (χ1n) is 23.3. The average Bonchev–Trinajstić information content (AvgIpc) is 3.09. The second-order valence-corrected chi connectivity index (χ2v) is 15.8. The Hall–Kier alpha value is 0. The predicted octanol–water partition coefficient (Wildman–Crippen LogP) is 18.8. The van der Waals surface area contributed by atoms with Crippen LogP contribution in [0, 0.1) is 0 Å². The number of hydrogen-bond donors (Lipinski definition) is 0. The lowest BCUT2D eigenvalue weighted by molar-refractivity contribution is 0.520. The third-order valence-electron chi connectivity index (χ3n) is 10.7. The van der Waals surface area contributed by atoms with Crippen LogP contribution in [0.4, 0.5) is 0 Å². The Labute approximate surface area is 303 Å². The lowest BCUT2D eigenvalue weighted by atomic mass is 10.0. The summed E-state index contributed by atoms with van der Waals surface area (Å²) in [6, 6.07) is 0. The van der Waals surface area contributed by atoms with Crippen molar-refractivity contribution >= 4 is 0 Å². The summed E-state index contributed by atoms with van der Waals surface area (Å²) < 4.78 is 0. The number of hydrogen-bond acceptors (Lipinski definition) is 0. The van der Waals surface area contributed by atoms with E-state index in [0.717, 1.165) is 0 Å². The molecule has 0 heterocycles.